The van der Waals surface area contributed by atoms with Gasteiger partial charge in [0.05, 0.1) is 6.04 Å². The largest absolute Gasteiger partial charge is 0.435 e. The molecule has 1 atom stereocenters. The predicted octanol–water partition coefficient (Wildman–Crippen LogP) is 2.62. The Morgan fingerprint density at radius 3 is 2.47 bits per heavy atom. The van der Waals surface area contributed by atoms with Crippen LogP contribution >= 0.6 is 0 Å². The average molecular weight is 269 g/mol. The standard InChI is InChI=1S/C12H13F2N3O2/c1-7(15-2)10-16-17-11(19-10)8-3-5-9(6-4-8)18-12(13)14/h3-7,12,15H,1-2H3. The molecule has 2 rings (SSSR count). The first kappa shape index (κ1) is 13.4. The number of nitrogens with one attached hydrogen (secondary N) is 1. The van der Waals surface area contributed by atoms with E-state index in [1.54, 1.807) is 19.2 Å². The molecule has 1 aromatic heterocycles. The molecule has 0 aliphatic heterocycles. The maximum atomic E-state index is 12.0. The highest BCUT2D eigenvalue weighted by Gasteiger charge is 2.13. The Labute approximate surface area is 108 Å². The van der Waals surface area contributed by atoms with E-state index in [9.17, 15) is 8.78 Å². The number of hydrogen-bond donors (Lipinski definition) is 1. The first-order chi connectivity index (χ1) is 9.10. The molecule has 0 amide bonds. The highest BCUT2D eigenvalue weighted by atomic mass is 19.3. The lowest BCUT2D eigenvalue weighted by atomic mass is 10.2. The van der Waals surface area contributed by atoms with Crippen molar-refractivity contribution in [3.8, 4) is 17.2 Å². The van der Waals surface area contributed by atoms with E-state index in [0.29, 0.717) is 17.3 Å². The minimum Gasteiger partial charge on any atom is -0.435 e. The number of alkyl halides is 2. The zero-order valence-corrected chi connectivity index (χ0v) is 10.4. The third-order valence-electron chi connectivity index (χ3n) is 2.57. The maximum Gasteiger partial charge on any atom is 0.387 e. The molecule has 1 unspecified atom stereocenters. The molecular weight excluding hydrogens is 256 g/mol. The molecule has 19 heavy (non-hydrogen) atoms. The molecular formula is C12H13F2N3O2. The molecule has 0 saturated heterocycles. The van der Waals surface area contributed by atoms with Crippen molar-refractivity contribution < 1.29 is 17.9 Å². The number of halogens is 2. The number of aromatic nitrogens is 2. The maximum absolute atomic E-state index is 12.0. The average Bonchev–Trinajstić information content (AvgIpc) is 2.87. The van der Waals surface area contributed by atoms with E-state index >= 15 is 0 Å². The van der Waals surface area contributed by atoms with Crippen LogP contribution in [0.2, 0.25) is 0 Å². The van der Waals surface area contributed by atoms with Crippen LogP contribution in [0.3, 0.4) is 0 Å². The first-order valence-electron chi connectivity index (χ1n) is 5.66. The lowest BCUT2D eigenvalue weighted by molar-refractivity contribution is -0.0498. The minimum absolute atomic E-state index is 0.0531. The van der Waals surface area contributed by atoms with Crippen LogP contribution in [0.25, 0.3) is 11.5 Å². The van der Waals surface area contributed by atoms with Crippen LogP contribution in [0.4, 0.5) is 8.78 Å². The summed E-state index contributed by atoms with van der Waals surface area (Å²) in [7, 11) is 1.78. The molecule has 102 valence electrons. The number of hydrogen-bond acceptors (Lipinski definition) is 5. The van der Waals surface area contributed by atoms with E-state index in [4.69, 9.17) is 4.42 Å². The summed E-state index contributed by atoms with van der Waals surface area (Å²) in [5.74, 6) is 0.883. The lowest BCUT2D eigenvalue weighted by Crippen LogP contribution is -2.12. The topological polar surface area (TPSA) is 60.2 Å². The van der Waals surface area contributed by atoms with Gasteiger partial charge >= 0.3 is 6.61 Å². The zero-order valence-electron chi connectivity index (χ0n) is 10.4. The minimum atomic E-state index is -2.84. The van der Waals surface area contributed by atoms with Gasteiger partial charge in [-0.3, -0.25) is 0 Å². The van der Waals surface area contributed by atoms with Gasteiger partial charge in [0.15, 0.2) is 0 Å². The second-order valence-electron chi connectivity index (χ2n) is 3.86. The Balaban J connectivity index is 2.15. The monoisotopic (exact) mass is 269 g/mol. The number of rotatable bonds is 5. The normalized spacial score (nSPS) is 12.7. The Morgan fingerprint density at radius 1 is 1.21 bits per heavy atom. The molecule has 0 spiro atoms. The summed E-state index contributed by atoms with van der Waals surface area (Å²) in [4.78, 5) is 0. The SMILES string of the molecule is CNC(C)c1nnc(-c2ccc(OC(F)F)cc2)o1. The molecule has 1 aromatic carbocycles. The highest BCUT2D eigenvalue weighted by Crippen LogP contribution is 2.23. The van der Waals surface area contributed by atoms with Crippen molar-refractivity contribution >= 4 is 0 Å². The number of benzene rings is 1. The molecule has 0 aliphatic rings. The van der Waals surface area contributed by atoms with Gasteiger partial charge in [0, 0.05) is 5.56 Å². The van der Waals surface area contributed by atoms with Gasteiger partial charge < -0.3 is 14.5 Å². The first-order valence-corrected chi connectivity index (χ1v) is 5.66. The van der Waals surface area contributed by atoms with Crippen LogP contribution in [0.5, 0.6) is 5.75 Å². The van der Waals surface area contributed by atoms with Crippen molar-refractivity contribution in [3.63, 3.8) is 0 Å². The van der Waals surface area contributed by atoms with Gasteiger partial charge in [-0.1, -0.05) is 0 Å². The van der Waals surface area contributed by atoms with Crippen molar-refractivity contribution in [1.29, 1.82) is 0 Å². The van der Waals surface area contributed by atoms with Crippen LogP contribution < -0.4 is 10.1 Å². The van der Waals surface area contributed by atoms with E-state index in [1.165, 1.54) is 12.1 Å². The lowest BCUT2D eigenvalue weighted by Gasteiger charge is -2.04. The fraction of sp³-hybridized carbons (Fsp3) is 0.333. The van der Waals surface area contributed by atoms with Crippen LogP contribution in [0.1, 0.15) is 18.9 Å². The van der Waals surface area contributed by atoms with E-state index in [1.807, 2.05) is 6.92 Å². The summed E-state index contributed by atoms with van der Waals surface area (Å²) in [5, 5.41) is 10.8. The third-order valence-corrected chi connectivity index (χ3v) is 2.57. The summed E-state index contributed by atoms with van der Waals surface area (Å²) in [5.41, 5.74) is 0.642. The van der Waals surface area contributed by atoms with Crippen molar-refractivity contribution in [2.45, 2.75) is 19.6 Å². The van der Waals surface area contributed by atoms with Gasteiger partial charge in [-0.05, 0) is 38.2 Å². The fourth-order valence-corrected chi connectivity index (χ4v) is 1.43. The van der Waals surface area contributed by atoms with Gasteiger partial charge in [0.1, 0.15) is 5.75 Å². The summed E-state index contributed by atoms with van der Waals surface area (Å²) < 4.78 is 33.7. The quantitative estimate of drug-likeness (QED) is 0.904. The van der Waals surface area contributed by atoms with Crippen LogP contribution in [0.15, 0.2) is 28.7 Å². The Morgan fingerprint density at radius 2 is 1.89 bits per heavy atom. The highest BCUT2D eigenvalue weighted by molar-refractivity contribution is 5.53. The fourth-order valence-electron chi connectivity index (χ4n) is 1.43. The van der Waals surface area contributed by atoms with Crippen molar-refractivity contribution in [2.24, 2.45) is 0 Å². The molecule has 1 heterocycles. The van der Waals surface area contributed by atoms with E-state index in [2.05, 4.69) is 20.3 Å². The summed E-state index contributed by atoms with van der Waals surface area (Å²) in [6.45, 7) is -0.950. The van der Waals surface area contributed by atoms with Crippen LogP contribution in [-0.2, 0) is 0 Å². The van der Waals surface area contributed by atoms with Crippen molar-refractivity contribution in [1.82, 2.24) is 15.5 Å². The van der Waals surface area contributed by atoms with Gasteiger partial charge in [-0.15, -0.1) is 10.2 Å². The molecule has 0 bridgehead atoms. The molecule has 0 aliphatic carbocycles. The second kappa shape index (κ2) is 5.75. The molecule has 1 N–H and O–H groups in total. The van der Waals surface area contributed by atoms with Crippen LogP contribution in [-0.4, -0.2) is 23.9 Å². The van der Waals surface area contributed by atoms with Gasteiger partial charge in [0.25, 0.3) is 0 Å². The third kappa shape index (κ3) is 3.25. The van der Waals surface area contributed by atoms with Gasteiger partial charge in [-0.2, -0.15) is 8.78 Å². The number of ether oxygens (including phenoxy) is 1. The van der Waals surface area contributed by atoms with Gasteiger partial charge in [0.2, 0.25) is 11.8 Å². The number of nitrogens with zero attached hydrogens (tertiary/aromatic N) is 2. The molecule has 2 aromatic rings. The van der Waals surface area contributed by atoms with E-state index in [0.717, 1.165) is 0 Å². The van der Waals surface area contributed by atoms with Crippen molar-refractivity contribution in [3.05, 3.63) is 30.2 Å². The smallest absolute Gasteiger partial charge is 0.387 e. The predicted molar refractivity (Wildman–Crippen MR) is 63.8 cm³/mol. The molecule has 7 heteroatoms. The molecule has 0 radical (unpaired) electrons. The van der Waals surface area contributed by atoms with E-state index < -0.39 is 6.61 Å². The summed E-state index contributed by atoms with van der Waals surface area (Å²) in [6, 6.07) is 5.96. The van der Waals surface area contributed by atoms with Crippen molar-refractivity contribution in [2.75, 3.05) is 7.05 Å². The molecule has 0 fully saturated rings. The molecule has 5 nitrogen and oxygen atoms in total. The Kier molecular flexibility index (Phi) is 4.06. The summed E-state index contributed by atoms with van der Waals surface area (Å²) >= 11 is 0. The molecule has 0 saturated carbocycles. The summed E-state index contributed by atoms with van der Waals surface area (Å²) in [6.07, 6.45) is 0. The van der Waals surface area contributed by atoms with E-state index in [-0.39, 0.29) is 11.8 Å². The second-order valence-corrected chi connectivity index (χ2v) is 3.86. The Bertz CT molecular complexity index is 528. The van der Waals surface area contributed by atoms with Crippen LogP contribution in [0, 0.1) is 0 Å². The Hall–Kier alpha value is -2.02. The van der Waals surface area contributed by atoms with Gasteiger partial charge in [-0.25, -0.2) is 0 Å². The zero-order chi connectivity index (χ0) is 13.8.